The molecule has 0 aliphatic rings. The molecule has 0 fully saturated rings. The molecule has 0 aromatic heterocycles. The zero-order valence-electron chi connectivity index (χ0n) is 11.8. The van der Waals surface area contributed by atoms with Crippen molar-refractivity contribution in [3.8, 4) is 11.1 Å². The van der Waals surface area contributed by atoms with Gasteiger partial charge in [-0.1, -0.05) is 48.0 Å². The normalized spacial score (nSPS) is 10.7. The average Bonchev–Trinajstić information content (AvgIpc) is 2.47. The Morgan fingerprint density at radius 3 is 2.55 bits per heavy atom. The molecule has 0 aliphatic carbocycles. The molecule has 0 aliphatic heterocycles. The molecule has 0 N–H and O–H groups in total. The van der Waals surface area contributed by atoms with Gasteiger partial charge in [-0.2, -0.15) is 0 Å². The van der Waals surface area contributed by atoms with Crippen molar-refractivity contribution < 1.29 is 9.53 Å². The second-order valence-electron chi connectivity index (χ2n) is 4.58. The highest BCUT2D eigenvalue weighted by molar-refractivity contribution is 5.87. The highest BCUT2D eigenvalue weighted by Gasteiger charge is 1.99. The number of carbonyl (C=O) groups is 1. The van der Waals surface area contributed by atoms with Gasteiger partial charge in [0.2, 0.25) is 0 Å². The predicted molar refractivity (Wildman–Crippen MR) is 82.3 cm³/mol. The van der Waals surface area contributed by atoms with E-state index in [1.54, 1.807) is 13.0 Å². The second-order valence-corrected chi connectivity index (χ2v) is 4.58. The first kappa shape index (κ1) is 14.1. The molecule has 0 unspecified atom stereocenters. The van der Waals surface area contributed by atoms with Crippen molar-refractivity contribution in [2.45, 2.75) is 13.8 Å². The van der Waals surface area contributed by atoms with E-state index in [4.69, 9.17) is 4.74 Å². The van der Waals surface area contributed by atoms with Crippen molar-refractivity contribution in [3.63, 3.8) is 0 Å². The quantitative estimate of drug-likeness (QED) is 0.611. The monoisotopic (exact) mass is 266 g/mol. The van der Waals surface area contributed by atoms with Crippen LogP contribution in [-0.4, -0.2) is 12.6 Å². The van der Waals surface area contributed by atoms with E-state index in [0.29, 0.717) is 6.61 Å². The summed E-state index contributed by atoms with van der Waals surface area (Å²) >= 11 is 0. The van der Waals surface area contributed by atoms with Crippen molar-refractivity contribution in [1.82, 2.24) is 0 Å². The number of esters is 1. The third-order valence-corrected chi connectivity index (χ3v) is 2.97. The molecular weight excluding hydrogens is 248 g/mol. The number of benzene rings is 2. The first-order valence-electron chi connectivity index (χ1n) is 6.71. The van der Waals surface area contributed by atoms with Gasteiger partial charge in [-0.15, -0.1) is 0 Å². The lowest BCUT2D eigenvalue weighted by molar-refractivity contribution is -0.137. The molecule has 2 rings (SSSR count). The van der Waals surface area contributed by atoms with Gasteiger partial charge in [-0.3, -0.25) is 0 Å². The SMILES string of the molecule is CCOC(=O)/C=C/c1cccc(-c2ccc(C)cc2)c1. The summed E-state index contributed by atoms with van der Waals surface area (Å²) in [5.41, 5.74) is 4.53. The first-order valence-corrected chi connectivity index (χ1v) is 6.71. The molecule has 0 heterocycles. The summed E-state index contributed by atoms with van der Waals surface area (Å²) < 4.78 is 4.87. The van der Waals surface area contributed by atoms with Crippen molar-refractivity contribution >= 4 is 12.0 Å². The minimum atomic E-state index is -0.312. The smallest absolute Gasteiger partial charge is 0.330 e. The van der Waals surface area contributed by atoms with Gasteiger partial charge in [0, 0.05) is 6.08 Å². The highest BCUT2D eigenvalue weighted by atomic mass is 16.5. The Morgan fingerprint density at radius 2 is 1.85 bits per heavy atom. The largest absolute Gasteiger partial charge is 0.463 e. The number of hydrogen-bond donors (Lipinski definition) is 0. The van der Waals surface area contributed by atoms with Gasteiger partial charge in [-0.25, -0.2) is 4.79 Å². The molecule has 0 amide bonds. The average molecular weight is 266 g/mol. The Balaban J connectivity index is 2.20. The van der Waals surface area contributed by atoms with Crippen molar-refractivity contribution in [2.75, 3.05) is 6.61 Å². The molecule has 0 radical (unpaired) electrons. The van der Waals surface area contributed by atoms with Crippen LogP contribution in [0.15, 0.2) is 54.6 Å². The van der Waals surface area contributed by atoms with Crippen LogP contribution in [-0.2, 0) is 9.53 Å². The van der Waals surface area contributed by atoms with Crippen molar-refractivity contribution in [1.29, 1.82) is 0 Å². The maximum absolute atomic E-state index is 11.3. The molecule has 0 bridgehead atoms. The van der Waals surface area contributed by atoms with Gasteiger partial charge >= 0.3 is 5.97 Å². The third kappa shape index (κ3) is 3.82. The van der Waals surface area contributed by atoms with Gasteiger partial charge in [-0.05, 0) is 42.7 Å². The van der Waals surface area contributed by atoms with E-state index in [1.165, 1.54) is 17.2 Å². The standard InChI is InChI=1S/C18H18O2/c1-3-20-18(19)12-9-15-5-4-6-17(13-15)16-10-7-14(2)8-11-16/h4-13H,3H2,1-2H3/b12-9+. The van der Waals surface area contributed by atoms with Crippen LogP contribution in [0.4, 0.5) is 0 Å². The van der Waals surface area contributed by atoms with E-state index in [-0.39, 0.29) is 5.97 Å². The predicted octanol–water partition coefficient (Wildman–Crippen LogP) is 4.24. The highest BCUT2D eigenvalue weighted by Crippen LogP contribution is 2.21. The Kier molecular flexibility index (Phi) is 4.72. The van der Waals surface area contributed by atoms with Crippen LogP contribution in [0.3, 0.4) is 0 Å². The fourth-order valence-electron chi connectivity index (χ4n) is 1.92. The molecule has 2 nitrogen and oxygen atoms in total. The number of aryl methyl sites for hydroxylation is 1. The van der Waals surface area contributed by atoms with Crippen LogP contribution in [0.2, 0.25) is 0 Å². The summed E-state index contributed by atoms with van der Waals surface area (Å²) in [5, 5.41) is 0. The molecule has 0 atom stereocenters. The maximum Gasteiger partial charge on any atom is 0.330 e. The lowest BCUT2D eigenvalue weighted by Crippen LogP contribution is -1.98. The molecule has 2 aromatic carbocycles. The van der Waals surface area contributed by atoms with E-state index >= 15 is 0 Å². The van der Waals surface area contributed by atoms with Crippen LogP contribution in [0, 0.1) is 6.92 Å². The maximum atomic E-state index is 11.3. The number of hydrogen-bond acceptors (Lipinski definition) is 2. The topological polar surface area (TPSA) is 26.3 Å². The fraction of sp³-hybridized carbons (Fsp3) is 0.167. The Morgan fingerprint density at radius 1 is 1.10 bits per heavy atom. The van der Waals surface area contributed by atoms with Crippen LogP contribution >= 0.6 is 0 Å². The molecule has 20 heavy (non-hydrogen) atoms. The molecule has 2 heteroatoms. The fourth-order valence-corrected chi connectivity index (χ4v) is 1.92. The van der Waals surface area contributed by atoms with Crippen molar-refractivity contribution in [3.05, 3.63) is 65.7 Å². The van der Waals surface area contributed by atoms with Crippen molar-refractivity contribution in [2.24, 2.45) is 0 Å². The summed E-state index contributed by atoms with van der Waals surface area (Å²) in [6.07, 6.45) is 3.23. The van der Waals surface area contributed by atoms with E-state index in [9.17, 15) is 4.79 Å². The molecule has 0 spiro atoms. The second kappa shape index (κ2) is 6.71. The summed E-state index contributed by atoms with van der Waals surface area (Å²) in [4.78, 5) is 11.3. The summed E-state index contributed by atoms with van der Waals surface area (Å²) in [6, 6.07) is 16.5. The lowest BCUT2D eigenvalue weighted by atomic mass is 10.0. The molecule has 102 valence electrons. The van der Waals surface area contributed by atoms with Crippen LogP contribution in [0.1, 0.15) is 18.1 Å². The molecule has 2 aromatic rings. The van der Waals surface area contributed by atoms with Crippen LogP contribution < -0.4 is 0 Å². The minimum Gasteiger partial charge on any atom is -0.463 e. The van der Waals surface area contributed by atoms with E-state index in [2.05, 4.69) is 43.3 Å². The Labute approximate surface area is 119 Å². The zero-order chi connectivity index (χ0) is 14.4. The molecular formula is C18H18O2. The zero-order valence-corrected chi connectivity index (χ0v) is 11.8. The van der Waals surface area contributed by atoms with E-state index < -0.39 is 0 Å². The molecule has 0 saturated heterocycles. The van der Waals surface area contributed by atoms with E-state index in [0.717, 1.165) is 11.1 Å². The summed E-state index contributed by atoms with van der Waals surface area (Å²) in [5.74, 6) is -0.312. The minimum absolute atomic E-state index is 0.312. The van der Waals surface area contributed by atoms with Gasteiger partial charge in [0.25, 0.3) is 0 Å². The van der Waals surface area contributed by atoms with Gasteiger partial charge < -0.3 is 4.74 Å². The van der Waals surface area contributed by atoms with E-state index in [1.807, 2.05) is 12.1 Å². The summed E-state index contributed by atoms with van der Waals surface area (Å²) in [6.45, 7) is 4.26. The van der Waals surface area contributed by atoms with Crippen LogP contribution in [0.25, 0.3) is 17.2 Å². The van der Waals surface area contributed by atoms with Gasteiger partial charge in [0.05, 0.1) is 6.61 Å². The Bertz CT molecular complexity index is 610. The van der Waals surface area contributed by atoms with Gasteiger partial charge in [0.1, 0.15) is 0 Å². The van der Waals surface area contributed by atoms with Crippen LogP contribution in [0.5, 0.6) is 0 Å². The number of rotatable bonds is 4. The number of ether oxygens (including phenoxy) is 1. The number of carbonyl (C=O) groups excluding carboxylic acids is 1. The molecule has 0 saturated carbocycles. The Hall–Kier alpha value is -2.35. The summed E-state index contributed by atoms with van der Waals surface area (Å²) in [7, 11) is 0. The lowest BCUT2D eigenvalue weighted by Gasteiger charge is -2.03. The van der Waals surface area contributed by atoms with Gasteiger partial charge in [0.15, 0.2) is 0 Å². The third-order valence-electron chi connectivity index (χ3n) is 2.97. The first-order chi connectivity index (χ1) is 9.69.